The summed E-state index contributed by atoms with van der Waals surface area (Å²) >= 11 is 1.23. The lowest BCUT2D eigenvalue weighted by Gasteiger charge is -2.29. The van der Waals surface area contributed by atoms with Crippen LogP contribution in [0.5, 0.6) is 5.75 Å². The van der Waals surface area contributed by atoms with Gasteiger partial charge in [-0.25, -0.2) is 14.3 Å². The molecule has 1 aliphatic rings. The smallest absolute Gasteiger partial charge is 0.350 e. The Morgan fingerprint density at radius 1 is 1.12 bits per heavy atom. The van der Waals surface area contributed by atoms with E-state index in [0.29, 0.717) is 58.4 Å². The molecule has 0 bridgehead atoms. The molecule has 232 valence electrons. The molecule has 5 rings (SSSR count). The third kappa shape index (κ3) is 6.57. The molecular formula is C29H36N3O9PS. The van der Waals surface area contributed by atoms with Crippen molar-refractivity contribution < 1.29 is 32.2 Å². The first kappa shape index (κ1) is 31.4. The number of aryl methyl sites for hydroxylation is 1. The van der Waals surface area contributed by atoms with Gasteiger partial charge in [-0.3, -0.25) is 13.9 Å². The topological polar surface area (TPSA) is 133 Å². The average molecular weight is 634 g/mol. The second kappa shape index (κ2) is 13.7. The van der Waals surface area contributed by atoms with Crippen LogP contribution in [-0.4, -0.2) is 53.8 Å². The number of fused-ring (bicyclic) bond motifs is 1. The molecule has 3 aromatic heterocycles. The van der Waals surface area contributed by atoms with E-state index in [1.165, 1.54) is 28.4 Å². The number of hydrogen-bond donors (Lipinski definition) is 0. The van der Waals surface area contributed by atoms with E-state index in [-0.39, 0.29) is 25.9 Å². The highest BCUT2D eigenvalue weighted by molar-refractivity contribution is 7.52. The van der Waals surface area contributed by atoms with Gasteiger partial charge in [0.25, 0.3) is 5.56 Å². The summed E-state index contributed by atoms with van der Waals surface area (Å²) in [5.41, 5.74) is 0.0935. The molecule has 0 aliphatic carbocycles. The van der Waals surface area contributed by atoms with Crippen LogP contribution in [0.25, 0.3) is 21.0 Å². The molecule has 43 heavy (non-hydrogen) atoms. The maximum absolute atomic E-state index is 14.3. The van der Waals surface area contributed by atoms with Crippen molar-refractivity contribution in [3.8, 4) is 16.5 Å². The lowest BCUT2D eigenvalue weighted by molar-refractivity contribution is -0.0753. The molecule has 1 aromatic carbocycles. The van der Waals surface area contributed by atoms with E-state index >= 15 is 0 Å². The SMILES string of the molecule is CCOP(=O)(Cn1c(=O)c2c(C)c(-c3ncco3)sc2n(C[C@@H](OC2CCOCC2)c2ccccc2OC)c1=O)OCC. The molecule has 1 fully saturated rings. The summed E-state index contributed by atoms with van der Waals surface area (Å²) in [4.78, 5) is 33.5. The molecule has 0 unspecified atom stereocenters. The van der Waals surface area contributed by atoms with Gasteiger partial charge in [-0.1, -0.05) is 18.2 Å². The number of ether oxygens (including phenoxy) is 3. The number of hydrogen-bond acceptors (Lipinski definition) is 11. The minimum absolute atomic E-state index is 0.0475. The maximum atomic E-state index is 14.3. The van der Waals surface area contributed by atoms with Crippen molar-refractivity contribution >= 4 is 29.1 Å². The molecule has 14 heteroatoms. The quantitative estimate of drug-likeness (QED) is 0.177. The standard InChI is InChI=1S/C29H36N3O9PS/c1-5-39-42(35,40-6-2)18-32-27(33)24-19(3)25(26-30-13-16-38-26)43-28(24)31(29(32)34)17-23(41-20-11-14-37-15-12-20)21-9-7-8-10-22(21)36-4/h7-10,13,16,20,23H,5-6,11-12,14-15,17-18H2,1-4H3/t23-/m1/s1. The van der Waals surface area contributed by atoms with Crippen LogP contribution >= 0.6 is 18.9 Å². The average Bonchev–Trinajstić information content (AvgIpc) is 3.66. The number of methoxy groups -OCH3 is 1. The van der Waals surface area contributed by atoms with Gasteiger partial charge in [-0.05, 0) is 45.2 Å². The molecule has 0 spiro atoms. The fourth-order valence-corrected chi connectivity index (χ4v) is 8.13. The summed E-state index contributed by atoms with van der Waals surface area (Å²) in [6, 6.07) is 7.49. The van der Waals surface area contributed by atoms with Crippen molar-refractivity contribution in [1.29, 1.82) is 0 Å². The molecule has 1 atom stereocenters. The summed E-state index contributed by atoms with van der Waals surface area (Å²) in [6.45, 7) is 6.50. The summed E-state index contributed by atoms with van der Waals surface area (Å²) < 4.78 is 50.4. The number of nitrogens with zero attached hydrogens (tertiary/aromatic N) is 3. The zero-order valence-corrected chi connectivity index (χ0v) is 26.4. The highest BCUT2D eigenvalue weighted by Gasteiger charge is 2.31. The molecule has 1 saturated heterocycles. The van der Waals surface area contributed by atoms with Crippen LogP contribution in [0.1, 0.15) is 43.9 Å². The molecule has 0 amide bonds. The molecule has 0 N–H and O–H groups in total. The Morgan fingerprint density at radius 3 is 2.49 bits per heavy atom. The van der Waals surface area contributed by atoms with E-state index in [1.807, 2.05) is 24.3 Å². The van der Waals surface area contributed by atoms with Crippen molar-refractivity contribution in [2.24, 2.45) is 0 Å². The minimum atomic E-state index is -3.83. The van der Waals surface area contributed by atoms with Gasteiger partial charge in [-0.15, -0.1) is 11.3 Å². The molecule has 4 aromatic rings. The predicted octanol–water partition coefficient (Wildman–Crippen LogP) is 5.36. The Morgan fingerprint density at radius 2 is 1.84 bits per heavy atom. The van der Waals surface area contributed by atoms with Crippen LogP contribution < -0.4 is 16.0 Å². The Hall–Kier alpha value is -3.06. The van der Waals surface area contributed by atoms with Gasteiger partial charge in [0.15, 0.2) is 0 Å². The van der Waals surface area contributed by atoms with Crippen molar-refractivity contribution in [3.05, 3.63) is 68.7 Å². The van der Waals surface area contributed by atoms with Gasteiger partial charge < -0.3 is 27.7 Å². The fraction of sp³-hybridized carbons (Fsp3) is 0.483. The van der Waals surface area contributed by atoms with Crippen LogP contribution in [0, 0.1) is 6.92 Å². The second-order valence-electron chi connectivity index (χ2n) is 9.97. The third-order valence-corrected chi connectivity index (χ3v) is 10.5. The lowest BCUT2D eigenvalue weighted by atomic mass is 10.1. The number of aromatic nitrogens is 3. The molecule has 12 nitrogen and oxygen atoms in total. The molecule has 1 aliphatic heterocycles. The third-order valence-electron chi connectivity index (χ3n) is 7.25. The summed E-state index contributed by atoms with van der Waals surface area (Å²) in [7, 11) is -2.24. The summed E-state index contributed by atoms with van der Waals surface area (Å²) in [5.74, 6) is 0.940. The Balaban J connectivity index is 1.71. The molecular weight excluding hydrogens is 597 g/mol. The number of rotatable bonds is 13. The highest BCUT2D eigenvalue weighted by atomic mass is 32.1. The number of para-hydroxylation sites is 1. The Bertz CT molecular complexity index is 1700. The van der Waals surface area contributed by atoms with E-state index in [4.69, 9.17) is 27.7 Å². The zero-order valence-electron chi connectivity index (χ0n) is 24.6. The molecule has 4 heterocycles. The van der Waals surface area contributed by atoms with Gasteiger partial charge >= 0.3 is 13.3 Å². The first-order valence-electron chi connectivity index (χ1n) is 14.2. The molecule has 0 radical (unpaired) electrons. The van der Waals surface area contributed by atoms with Gasteiger partial charge in [0.2, 0.25) is 5.89 Å². The van der Waals surface area contributed by atoms with E-state index in [9.17, 15) is 14.2 Å². The number of oxazole rings is 1. The normalized spacial score (nSPS) is 15.3. The first-order valence-corrected chi connectivity index (χ1v) is 16.8. The number of thiophene rings is 1. The Labute approximate surface area is 252 Å². The van der Waals surface area contributed by atoms with Crippen LogP contribution in [0.2, 0.25) is 0 Å². The van der Waals surface area contributed by atoms with Crippen LogP contribution in [0.3, 0.4) is 0 Å². The van der Waals surface area contributed by atoms with Gasteiger partial charge in [0, 0.05) is 18.8 Å². The van der Waals surface area contributed by atoms with Crippen LogP contribution in [-0.2, 0) is 35.9 Å². The van der Waals surface area contributed by atoms with Crippen LogP contribution in [0.15, 0.2) is 50.7 Å². The zero-order chi connectivity index (χ0) is 30.6. The summed E-state index contributed by atoms with van der Waals surface area (Å²) in [5, 5.41) is 0.294. The van der Waals surface area contributed by atoms with E-state index < -0.39 is 31.2 Å². The van der Waals surface area contributed by atoms with E-state index in [2.05, 4.69) is 4.98 Å². The minimum Gasteiger partial charge on any atom is -0.496 e. The summed E-state index contributed by atoms with van der Waals surface area (Å²) in [6.07, 6.45) is 3.11. The van der Waals surface area contributed by atoms with Gasteiger partial charge in [0.05, 0.1) is 49.4 Å². The monoisotopic (exact) mass is 633 g/mol. The Kier molecular flexibility index (Phi) is 10.0. The van der Waals surface area contributed by atoms with E-state index in [1.54, 1.807) is 27.9 Å². The fourth-order valence-electron chi connectivity index (χ4n) is 5.26. The maximum Gasteiger partial charge on any atom is 0.350 e. The highest BCUT2D eigenvalue weighted by Crippen LogP contribution is 2.49. The van der Waals surface area contributed by atoms with Gasteiger partial charge in [-0.2, -0.15) is 0 Å². The van der Waals surface area contributed by atoms with Crippen molar-refractivity contribution in [1.82, 2.24) is 14.1 Å². The van der Waals surface area contributed by atoms with Gasteiger partial charge in [0.1, 0.15) is 29.2 Å². The largest absolute Gasteiger partial charge is 0.496 e. The van der Waals surface area contributed by atoms with Crippen LogP contribution in [0.4, 0.5) is 0 Å². The second-order valence-corrected chi connectivity index (χ2v) is 13.0. The predicted molar refractivity (Wildman–Crippen MR) is 162 cm³/mol. The van der Waals surface area contributed by atoms with Crippen molar-refractivity contribution in [2.75, 3.05) is 33.5 Å². The number of benzene rings is 1. The van der Waals surface area contributed by atoms with E-state index in [0.717, 1.165) is 10.1 Å². The van der Waals surface area contributed by atoms with Crippen molar-refractivity contribution in [2.45, 2.75) is 58.7 Å². The molecule has 0 saturated carbocycles. The lowest BCUT2D eigenvalue weighted by Crippen LogP contribution is -2.41. The van der Waals surface area contributed by atoms with Crippen molar-refractivity contribution in [3.63, 3.8) is 0 Å². The first-order chi connectivity index (χ1) is 20.8.